The van der Waals surface area contributed by atoms with Crippen LogP contribution in [0.4, 0.5) is 8.78 Å². The SMILES string of the molecule is O=C(Cc1ccc(F)c(F)c1)CN1CCNCC1. The number of carbonyl (C=O) groups excluding carboxylic acids is 1. The van der Waals surface area contributed by atoms with E-state index >= 15 is 0 Å². The Kier molecular flexibility index (Phi) is 4.38. The van der Waals surface area contributed by atoms with Gasteiger partial charge in [0.25, 0.3) is 0 Å². The van der Waals surface area contributed by atoms with Crippen LogP contribution in [0.25, 0.3) is 0 Å². The molecular weight excluding hydrogens is 238 g/mol. The minimum Gasteiger partial charge on any atom is -0.314 e. The molecule has 0 unspecified atom stereocenters. The molecular formula is C13H16F2N2O. The summed E-state index contributed by atoms with van der Waals surface area (Å²) in [7, 11) is 0. The van der Waals surface area contributed by atoms with Gasteiger partial charge in [0.15, 0.2) is 17.4 Å². The molecule has 0 saturated carbocycles. The molecule has 1 heterocycles. The van der Waals surface area contributed by atoms with E-state index in [-0.39, 0.29) is 12.2 Å². The number of nitrogens with one attached hydrogen (secondary N) is 1. The number of hydrogen-bond donors (Lipinski definition) is 1. The lowest BCUT2D eigenvalue weighted by molar-refractivity contribution is -0.119. The molecule has 1 aliphatic heterocycles. The average Bonchev–Trinajstić information content (AvgIpc) is 2.35. The van der Waals surface area contributed by atoms with Crippen molar-refractivity contribution in [3.63, 3.8) is 0 Å². The maximum Gasteiger partial charge on any atom is 0.159 e. The van der Waals surface area contributed by atoms with Crippen molar-refractivity contribution < 1.29 is 13.6 Å². The van der Waals surface area contributed by atoms with Gasteiger partial charge in [-0.2, -0.15) is 0 Å². The number of halogens is 2. The van der Waals surface area contributed by atoms with Crippen molar-refractivity contribution in [1.29, 1.82) is 0 Å². The lowest BCUT2D eigenvalue weighted by Crippen LogP contribution is -2.45. The molecule has 1 fully saturated rings. The summed E-state index contributed by atoms with van der Waals surface area (Å²) in [6.07, 6.45) is 0.154. The second kappa shape index (κ2) is 6.02. The first-order valence-electron chi connectivity index (χ1n) is 6.04. The zero-order valence-electron chi connectivity index (χ0n) is 10.1. The fourth-order valence-corrected chi connectivity index (χ4v) is 2.05. The Bertz CT molecular complexity index is 431. The minimum atomic E-state index is -0.900. The van der Waals surface area contributed by atoms with Gasteiger partial charge in [-0.15, -0.1) is 0 Å². The third-order valence-electron chi connectivity index (χ3n) is 2.99. The van der Waals surface area contributed by atoms with Gasteiger partial charge in [0.2, 0.25) is 0 Å². The van der Waals surface area contributed by atoms with Crippen LogP contribution in [0.2, 0.25) is 0 Å². The van der Waals surface area contributed by atoms with Crippen LogP contribution < -0.4 is 5.32 Å². The maximum atomic E-state index is 13.0. The van der Waals surface area contributed by atoms with Gasteiger partial charge in [-0.1, -0.05) is 6.07 Å². The smallest absolute Gasteiger partial charge is 0.159 e. The van der Waals surface area contributed by atoms with Crippen molar-refractivity contribution in [2.24, 2.45) is 0 Å². The number of piperazine rings is 1. The van der Waals surface area contributed by atoms with E-state index in [0.717, 1.165) is 38.3 Å². The molecule has 1 aromatic carbocycles. The number of Topliss-reactive ketones (excluding diaryl/α,β-unsaturated/α-hetero) is 1. The van der Waals surface area contributed by atoms with Crippen LogP contribution in [0.15, 0.2) is 18.2 Å². The number of hydrogen-bond acceptors (Lipinski definition) is 3. The number of rotatable bonds is 4. The Morgan fingerprint density at radius 1 is 1.22 bits per heavy atom. The summed E-state index contributed by atoms with van der Waals surface area (Å²) in [6.45, 7) is 3.85. The summed E-state index contributed by atoms with van der Waals surface area (Å²) < 4.78 is 25.7. The molecule has 0 amide bonds. The zero-order valence-corrected chi connectivity index (χ0v) is 10.1. The van der Waals surface area contributed by atoms with E-state index in [2.05, 4.69) is 10.2 Å². The lowest BCUT2D eigenvalue weighted by atomic mass is 10.1. The van der Waals surface area contributed by atoms with Crippen LogP contribution in [0, 0.1) is 11.6 Å². The Hall–Kier alpha value is -1.33. The van der Waals surface area contributed by atoms with Crippen LogP contribution >= 0.6 is 0 Å². The highest BCUT2D eigenvalue weighted by Crippen LogP contribution is 2.09. The zero-order chi connectivity index (χ0) is 13.0. The predicted molar refractivity (Wildman–Crippen MR) is 64.4 cm³/mol. The molecule has 18 heavy (non-hydrogen) atoms. The van der Waals surface area contributed by atoms with E-state index in [1.54, 1.807) is 0 Å². The molecule has 0 atom stereocenters. The Balaban J connectivity index is 1.88. The summed E-state index contributed by atoms with van der Waals surface area (Å²) in [5.74, 6) is -1.75. The van der Waals surface area contributed by atoms with E-state index in [1.165, 1.54) is 6.07 Å². The van der Waals surface area contributed by atoms with Crippen molar-refractivity contribution >= 4 is 5.78 Å². The monoisotopic (exact) mass is 254 g/mol. The van der Waals surface area contributed by atoms with E-state index in [0.29, 0.717) is 12.1 Å². The van der Waals surface area contributed by atoms with Crippen LogP contribution in [-0.2, 0) is 11.2 Å². The van der Waals surface area contributed by atoms with Crippen molar-refractivity contribution in [1.82, 2.24) is 10.2 Å². The van der Waals surface area contributed by atoms with E-state index in [9.17, 15) is 13.6 Å². The quantitative estimate of drug-likeness (QED) is 0.869. The van der Waals surface area contributed by atoms with Crippen molar-refractivity contribution in [3.8, 4) is 0 Å². The van der Waals surface area contributed by atoms with Crippen LogP contribution in [0.1, 0.15) is 5.56 Å². The second-order valence-electron chi connectivity index (χ2n) is 4.49. The highest BCUT2D eigenvalue weighted by Gasteiger charge is 2.14. The largest absolute Gasteiger partial charge is 0.314 e. The summed E-state index contributed by atoms with van der Waals surface area (Å²) >= 11 is 0. The Morgan fingerprint density at radius 2 is 1.94 bits per heavy atom. The van der Waals surface area contributed by atoms with Gasteiger partial charge in [0.05, 0.1) is 6.54 Å². The van der Waals surface area contributed by atoms with Crippen molar-refractivity contribution in [3.05, 3.63) is 35.4 Å². The van der Waals surface area contributed by atoms with Gasteiger partial charge < -0.3 is 5.32 Å². The first-order valence-corrected chi connectivity index (χ1v) is 6.04. The first-order chi connectivity index (χ1) is 8.65. The second-order valence-corrected chi connectivity index (χ2v) is 4.49. The number of ketones is 1. The fraction of sp³-hybridized carbons (Fsp3) is 0.462. The summed E-state index contributed by atoms with van der Waals surface area (Å²) in [5.41, 5.74) is 0.522. The van der Waals surface area contributed by atoms with Crippen molar-refractivity contribution in [2.75, 3.05) is 32.7 Å². The first kappa shape index (κ1) is 13.1. The van der Waals surface area contributed by atoms with E-state index in [4.69, 9.17) is 0 Å². The standard InChI is InChI=1S/C13H16F2N2O/c14-12-2-1-10(8-13(12)15)7-11(18)9-17-5-3-16-4-6-17/h1-2,8,16H,3-7,9H2. The Labute approximate surface area is 105 Å². The number of nitrogens with zero attached hydrogens (tertiary/aromatic N) is 1. The molecule has 2 rings (SSSR count). The molecule has 1 N–H and O–H groups in total. The molecule has 3 nitrogen and oxygen atoms in total. The van der Waals surface area contributed by atoms with Crippen LogP contribution in [-0.4, -0.2) is 43.4 Å². The molecule has 0 radical (unpaired) electrons. The average molecular weight is 254 g/mol. The molecule has 5 heteroatoms. The lowest BCUT2D eigenvalue weighted by Gasteiger charge is -2.26. The molecule has 0 aromatic heterocycles. The molecule has 0 spiro atoms. The van der Waals surface area contributed by atoms with E-state index in [1.807, 2.05) is 0 Å². The number of benzene rings is 1. The molecule has 1 aromatic rings. The molecule has 98 valence electrons. The fourth-order valence-electron chi connectivity index (χ4n) is 2.05. The van der Waals surface area contributed by atoms with Crippen molar-refractivity contribution in [2.45, 2.75) is 6.42 Å². The van der Waals surface area contributed by atoms with Crippen LogP contribution in [0.3, 0.4) is 0 Å². The third kappa shape index (κ3) is 3.58. The van der Waals surface area contributed by atoms with Crippen LogP contribution in [0.5, 0.6) is 0 Å². The molecule has 0 aliphatic carbocycles. The molecule has 0 bridgehead atoms. The van der Waals surface area contributed by atoms with E-state index < -0.39 is 11.6 Å². The third-order valence-corrected chi connectivity index (χ3v) is 2.99. The van der Waals surface area contributed by atoms with Gasteiger partial charge in [0.1, 0.15) is 0 Å². The highest BCUT2D eigenvalue weighted by atomic mass is 19.2. The summed E-state index contributed by atoms with van der Waals surface area (Å²) in [6, 6.07) is 3.60. The summed E-state index contributed by atoms with van der Waals surface area (Å²) in [4.78, 5) is 13.9. The van der Waals surface area contributed by atoms with Gasteiger partial charge >= 0.3 is 0 Å². The number of carbonyl (C=O) groups is 1. The van der Waals surface area contributed by atoms with Gasteiger partial charge in [-0.3, -0.25) is 9.69 Å². The minimum absolute atomic E-state index is 0.0305. The highest BCUT2D eigenvalue weighted by molar-refractivity contribution is 5.82. The molecule has 1 aliphatic rings. The maximum absolute atomic E-state index is 13.0. The normalized spacial score (nSPS) is 16.8. The Morgan fingerprint density at radius 3 is 2.61 bits per heavy atom. The summed E-state index contributed by atoms with van der Waals surface area (Å²) in [5, 5.41) is 3.21. The topological polar surface area (TPSA) is 32.3 Å². The molecule has 1 saturated heterocycles. The van der Waals surface area contributed by atoms with Gasteiger partial charge in [-0.25, -0.2) is 8.78 Å². The predicted octanol–water partition coefficient (Wildman–Crippen LogP) is 0.982. The van der Waals surface area contributed by atoms with Gasteiger partial charge in [-0.05, 0) is 17.7 Å². The van der Waals surface area contributed by atoms with Gasteiger partial charge in [0, 0.05) is 32.6 Å².